The molecule has 0 atom stereocenters. The lowest BCUT2D eigenvalue weighted by atomic mass is 9.23. The first-order valence-corrected chi connectivity index (χ1v) is 5.68. The third kappa shape index (κ3) is 1.25. The molecule has 86 valence electrons. The molecule has 0 radical (unpaired) electrons. The number of halogens is 3. The number of benzene rings is 1. The van der Waals surface area contributed by atoms with E-state index in [4.69, 9.17) is 0 Å². The lowest BCUT2D eigenvalue weighted by Crippen LogP contribution is -2.65. The van der Waals surface area contributed by atoms with Crippen molar-refractivity contribution in [1.82, 2.24) is 0 Å². The van der Waals surface area contributed by atoms with E-state index in [2.05, 4.69) is 0 Å². The minimum absolute atomic E-state index is 0.0153. The first-order chi connectivity index (χ1) is 7.45. The third-order valence-corrected chi connectivity index (χ3v) is 4.30. The molecule has 4 rings (SSSR count). The SMILES string of the molecule is F[B-](F)(F)C12CC(Cc3ccccc3)(C1)C2. The van der Waals surface area contributed by atoms with Gasteiger partial charge in [-0.25, -0.2) is 0 Å². The molecule has 2 bridgehead atoms. The lowest BCUT2D eigenvalue weighted by molar-refractivity contribution is -0.111. The molecule has 3 aliphatic carbocycles. The summed E-state index contributed by atoms with van der Waals surface area (Å²) in [7, 11) is 0. The maximum Gasteiger partial charge on any atom is 0.484 e. The van der Waals surface area contributed by atoms with Crippen LogP contribution < -0.4 is 0 Å². The van der Waals surface area contributed by atoms with Crippen LogP contribution in [-0.2, 0) is 6.42 Å². The Morgan fingerprint density at radius 3 is 2.06 bits per heavy atom. The van der Waals surface area contributed by atoms with Gasteiger partial charge in [0.2, 0.25) is 0 Å². The molecular weight excluding hydrogens is 212 g/mol. The average Bonchev–Trinajstić information content (AvgIpc) is 2.08. The molecule has 0 unspecified atom stereocenters. The Kier molecular flexibility index (Phi) is 1.82. The summed E-state index contributed by atoms with van der Waals surface area (Å²) < 4.78 is 38.1. The van der Waals surface area contributed by atoms with Gasteiger partial charge < -0.3 is 12.9 Å². The van der Waals surface area contributed by atoms with E-state index in [9.17, 15) is 12.9 Å². The van der Waals surface area contributed by atoms with E-state index in [1.54, 1.807) is 0 Å². The molecule has 0 N–H and O–H groups in total. The van der Waals surface area contributed by atoms with Crippen molar-refractivity contribution in [3.8, 4) is 0 Å². The van der Waals surface area contributed by atoms with Crippen molar-refractivity contribution in [2.24, 2.45) is 5.41 Å². The smallest absolute Gasteiger partial charge is 0.449 e. The van der Waals surface area contributed by atoms with Crippen LogP contribution in [0.2, 0.25) is 5.31 Å². The van der Waals surface area contributed by atoms with Crippen LogP contribution in [0, 0.1) is 5.41 Å². The highest BCUT2D eigenvalue weighted by atomic mass is 19.4. The summed E-state index contributed by atoms with van der Waals surface area (Å²) in [5, 5.41) is -1.24. The van der Waals surface area contributed by atoms with Gasteiger partial charge in [0.1, 0.15) is 0 Å². The minimum atomic E-state index is -4.62. The van der Waals surface area contributed by atoms with Crippen LogP contribution >= 0.6 is 0 Å². The van der Waals surface area contributed by atoms with E-state index in [0.29, 0.717) is 19.3 Å². The summed E-state index contributed by atoms with van der Waals surface area (Å²) in [5.74, 6) is 0. The topological polar surface area (TPSA) is 0 Å². The Hall–Kier alpha value is -0.925. The quantitative estimate of drug-likeness (QED) is 0.682. The molecule has 0 spiro atoms. The summed E-state index contributed by atoms with van der Waals surface area (Å²) >= 11 is 0. The Balaban J connectivity index is 1.67. The summed E-state index contributed by atoms with van der Waals surface area (Å²) in [5.41, 5.74) is 1.16. The van der Waals surface area contributed by atoms with Crippen LogP contribution in [0.5, 0.6) is 0 Å². The molecule has 4 heteroatoms. The van der Waals surface area contributed by atoms with Gasteiger partial charge in [-0.1, -0.05) is 54.9 Å². The molecule has 0 aromatic heterocycles. The highest BCUT2D eigenvalue weighted by Crippen LogP contribution is 2.83. The zero-order valence-electron chi connectivity index (χ0n) is 8.93. The molecule has 0 amide bonds. The van der Waals surface area contributed by atoms with Gasteiger partial charge in [-0.05, 0) is 17.4 Å². The molecule has 3 fully saturated rings. The van der Waals surface area contributed by atoms with Crippen LogP contribution in [-0.4, -0.2) is 6.98 Å². The number of hydrogen-bond acceptors (Lipinski definition) is 0. The normalized spacial score (nSPS) is 36.4. The van der Waals surface area contributed by atoms with Gasteiger partial charge in [0.15, 0.2) is 0 Å². The zero-order chi connectivity index (χ0) is 11.4. The Morgan fingerprint density at radius 1 is 1.00 bits per heavy atom. The number of rotatable bonds is 3. The number of hydrogen-bond donors (Lipinski definition) is 0. The average molecular weight is 225 g/mol. The summed E-state index contributed by atoms with van der Waals surface area (Å²) in [6.45, 7) is -4.62. The first kappa shape index (κ1) is 10.2. The van der Waals surface area contributed by atoms with Gasteiger partial charge >= 0.3 is 6.98 Å². The fourth-order valence-electron chi connectivity index (χ4n) is 3.65. The fourth-order valence-corrected chi connectivity index (χ4v) is 3.65. The molecule has 0 aliphatic heterocycles. The summed E-state index contributed by atoms with van der Waals surface area (Å²) in [6.07, 6.45) is 1.94. The first-order valence-electron chi connectivity index (χ1n) is 5.68. The van der Waals surface area contributed by atoms with E-state index >= 15 is 0 Å². The molecule has 3 saturated carbocycles. The standard InChI is InChI=1S/C12H13BF3/c14-13(15,16)12-7-11(8-12,9-12)6-10-4-2-1-3-5-10/h1-5H,6-9H2/q-1. The Morgan fingerprint density at radius 2 is 1.56 bits per heavy atom. The molecular formula is C12H13BF3-. The highest BCUT2D eigenvalue weighted by molar-refractivity contribution is 6.63. The second kappa shape index (κ2) is 2.85. The Labute approximate surface area is 92.9 Å². The van der Waals surface area contributed by atoms with Crippen molar-refractivity contribution in [2.75, 3.05) is 0 Å². The van der Waals surface area contributed by atoms with Crippen LogP contribution in [0.25, 0.3) is 0 Å². The summed E-state index contributed by atoms with van der Waals surface area (Å²) in [4.78, 5) is 0. The van der Waals surface area contributed by atoms with Gasteiger partial charge in [-0.15, -0.1) is 0 Å². The van der Waals surface area contributed by atoms with Crippen LogP contribution in [0.15, 0.2) is 30.3 Å². The minimum Gasteiger partial charge on any atom is -0.449 e. The predicted molar refractivity (Wildman–Crippen MR) is 58.2 cm³/mol. The molecule has 0 nitrogen and oxygen atoms in total. The van der Waals surface area contributed by atoms with E-state index in [-0.39, 0.29) is 5.41 Å². The fraction of sp³-hybridized carbons (Fsp3) is 0.500. The highest BCUT2D eigenvalue weighted by Gasteiger charge is 2.73. The third-order valence-electron chi connectivity index (χ3n) is 4.30. The van der Waals surface area contributed by atoms with Crippen molar-refractivity contribution in [3.63, 3.8) is 0 Å². The van der Waals surface area contributed by atoms with Crippen LogP contribution in [0.3, 0.4) is 0 Å². The van der Waals surface area contributed by atoms with Crippen molar-refractivity contribution < 1.29 is 12.9 Å². The summed E-state index contributed by atoms with van der Waals surface area (Å²) in [6, 6.07) is 9.85. The Bertz CT molecular complexity index is 390. The zero-order valence-corrected chi connectivity index (χ0v) is 8.93. The van der Waals surface area contributed by atoms with Gasteiger partial charge in [0.25, 0.3) is 0 Å². The molecule has 1 aromatic rings. The largest absolute Gasteiger partial charge is 0.484 e. The van der Waals surface area contributed by atoms with E-state index < -0.39 is 12.3 Å². The molecule has 0 heterocycles. The maximum atomic E-state index is 12.7. The van der Waals surface area contributed by atoms with Gasteiger partial charge in [0, 0.05) is 0 Å². The van der Waals surface area contributed by atoms with Crippen molar-refractivity contribution in [3.05, 3.63) is 35.9 Å². The second-order valence-corrected chi connectivity index (χ2v) is 5.63. The van der Waals surface area contributed by atoms with Gasteiger partial charge in [-0.3, -0.25) is 0 Å². The molecule has 3 aliphatic rings. The predicted octanol–water partition coefficient (Wildman–Crippen LogP) is 4.00. The van der Waals surface area contributed by atoms with Crippen LogP contribution in [0.1, 0.15) is 24.8 Å². The molecule has 16 heavy (non-hydrogen) atoms. The van der Waals surface area contributed by atoms with Gasteiger partial charge in [0.05, 0.1) is 0 Å². The van der Waals surface area contributed by atoms with E-state index in [1.807, 2.05) is 30.3 Å². The van der Waals surface area contributed by atoms with E-state index in [0.717, 1.165) is 6.42 Å². The van der Waals surface area contributed by atoms with Crippen LogP contribution in [0.4, 0.5) is 12.9 Å². The van der Waals surface area contributed by atoms with E-state index in [1.165, 1.54) is 5.56 Å². The van der Waals surface area contributed by atoms with Gasteiger partial charge in [-0.2, -0.15) is 0 Å². The molecule has 1 aromatic carbocycles. The lowest BCUT2D eigenvalue weighted by Gasteiger charge is -2.75. The maximum absolute atomic E-state index is 12.7. The second-order valence-electron chi connectivity index (χ2n) is 5.63. The van der Waals surface area contributed by atoms with Crippen molar-refractivity contribution in [1.29, 1.82) is 0 Å². The molecule has 0 saturated heterocycles. The van der Waals surface area contributed by atoms with Crippen molar-refractivity contribution >= 4 is 6.98 Å². The monoisotopic (exact) mass is 225 g/mol. The van der Waals surface area contributed by atoms with Crippen molar-refractivity contribution in [2.45, 2.75) is 31.0 Å².